The van der Waals surface area contributed by atoms with Crippen LogP contribution in [0.2, 0.25) is 5.02 Å². The van der Waals surface area contributed by atoms with Crippen molar-refractivity contribution >= 4 is 17.6 Å². The molecule has 1 aliphatic heterocycles. The van der Waals surface area contributed by atoms with E-state index in [-0.39, 0.29) is 17.6 Å². The number of nitrogens with one attached hydrogen (secondary N) is 1. The number of likely N-dealkylation sites (tertiary alicyclic amines) is 1. The van der Waals surface area contributed by atoms with Crippen LogP contribution in [-0.4, -0.2) is 27.4 Å². The van der Waals surface area contributed by atoms with Gasteiger partial charge in [-0.1, -0.05) is 54.1 Å². The molecule has 2 amide bonds. The number of hydrogen-bond donors (Lipinski definition) is 1. The van der Waals surface area contributed by atoms with Crippen molar-refractivity contribution in [1.82, 2.24) is 20.2 Å². The summed E-state index contributed by atoms with van der Waals surface area (Å²) in [6, 6.07) is 18.1. The molecule has 0 unspecified atom stereocenters. The molecule has 164 valence electrons. The van der Waals surface area contributed by atoms with Gasteiger partial charge in [0.15, 0.2) is 0 Å². The van der Waals surface area contributed by atoms with Gasteiger partial charge in [0.25, 0.3) is 0 Å². The van der Waals surface area contributed by atoms with Crippen LogP contribution in [0.15, 0.2) is 60.9 Å². The third-order valence-corrected chi connectivity index (χ3v) is 6.99. The van der Waals surface area contributed by atoms with Crippen LogP contribution in [0, 0.1) is 6.92 Å². The summed E-state index contributed by atoms with van der Waals surface area (Å²) in [5, 5.41) is 4.07. The molecule has 1 aromatic heterocycles. The van der Waals surface area contributed by atoms with E-state index in [9.17, 15) is 4.79 Å². The number of carbonyl (C=O) groups excluding carboxylic acids is 1. The van der Waals surface area contributed by atoms with Crippen LogP contribution in [0.3, 0.4) is 0 Å². The fourth-order valence-corrected chi connectivity index (χ4v) is 4.90. The Morgan fingerprint density at radius 1 is 1.12 bits per heavy atom. The van der Waals surface area contributed by atoms with E-state index in [0.29, 0.717) is 0 Å². The molecule has 0 spiro atoms. The zero-order chi connectivity index (χ0) is 22.1. The van der Waals surface area contributed by atoms with Gasteiger partial charge in [-0.3, -0.25) is 0 Å². The summed E-state index contributed by atoms with van der Waals surface area (Å²) in [5.74, 6) is 0. The van der Waals surface area contributed by atoms with E-state index < -0.39 is 0 Å². The molecule has 1 saturated carbocycles. The fraction of sp³-hybridized carbons (Fsp3) is 0.346. The maximum atomic E-state index is 13.4. The molecule has 0 bridgehead atoms. The van der Waals surface area contributed by atoms with Crippen molar-refractivity contribution in [2.24, 2.45) is 0 Å². The second kappa shape index (κ2) is 8.55. The average molecular weight is 447 g/mol. The Morgan fingerprint density at radius 3 is 2.59 bits per heavy atom. The molecule has 32 heavy (non-hydrogen) atoms. The third-order valence-electron chi connectivity index (χ3n) is 6.74. The van der Waals surface area contributed by atoms with Gasteiger partial charge in [-0.25, -0.2) is 14.8 Å². The monoisotopic (exact) mass is 446 g/mol. The normalized spacial score (nSPS) is 19.1. The number of amides is 2. The van der Waals surface area contributed by atoms with Crippen LogP contribution in [0.5, 0.6) is 0 Å². The van der Waals surface area contributed by atoms with Crippen molar-refractivity contribution in [2.45, 2.75) is 50.6 Å². The van der Waals surface area contributed by atoms with E-state index >= 15 is 0 Å². The number of urea groups is 1. The Labute approximate surface area is 193 Å². The standard InChI is InChI=1S/C26H27ClN4O/c1-18-22(16-19-9-11-21(27)12-10-19)24(29-17-28-18)23-8-5-15-31(23)25(32)30-26(13-14-26)20-6-3-2-4-7-20/h2-4,6-7,9-12,17,23H,5,8,13-16H2,1H3,(H,30,32)/t23-/m1/s1. The Kier molecular flexibility index (Phi) is 5.60. The molecule has 5 nitrogen and oxygen atoms in total. The summed E-state index contributed by atoms with van der Waals surface area (Å²) in [5.41, 5.74) is 5.14. The Hall–Kier alpha value is -2.92. The highest BCUT2D eigenvalue weighted by atomic mass is 35.5. The second-order valence-corrected chi connectivity index (χ2v) is 9.29. The predicted molar refractivity (Wildman–Crippen MR) is 126 cm³/mol. The average Bonchev–Trinajstić information content (AvgIpc) is 3.42. The number of benzene rings is 2. The third kappa shape index (κ3) is 4.09. The number of rotatable bonds is 5. The van der Waals surface area contributed by atoms with E-state index in [4.69, 9.17) is 11.6 Å². The lowest BCUT2D eigenvalue weighted by atomic mass is 9.97. The Bertz CT molecular complexity index is 1110. The highest BCUT2D eigenvalue weighted by Gasteiger charge is 2.47. The van der Waals surface area contributed by atoms with Crippen LogP contribution >= 0.6 is 11.6 Å². The van der Waals surface area contributed by atoms with Crippen molar-refractivity contribution < 1.29 is 4.79 Å². The van der Waals surface area contributed by atoms with Gasteiger partial charge in [-0.05, 0) is 55.9 Å². The van der Waals surface area contributed by atoms with Gasteiger partial charge in [-0.2, -0.15) is 0 Å². The van der Waals surface area contributed by atoms with E-state index in [0.717, 1.165) is 66.2 Å². The van der Waals surface area contributed by atoms with Crippen LogP contribution in [0.1, 0.15) is 59.8 Å². The highest BCUT2D eigenvalue weighted by molar-refractivity contribution is 6.30. The van der Waals surface area contributed by atoms with Crippen molar-refractivity contribution in [3.05, 3.63) is 94.0 Å². The van der Waals surface area contributed by atoms with Crippen LogP contribution in [0.4, 0.5) is 4.79 Å². The summed E-state index contributed by atoms with van der Waals surface area (Å²) >= 11 is 6.06. The molecule has 1 N–H and O–H groups in total. The summed E-state index contributed by atoms with van der Waals surface area (Å²) in [4.78, 5) is 24.5. The summed E-state index contributed by atoms with van der Waals surface area (Å²) in [6.07, 6.45) is 6.19. The molecule has 1 saturated heterocycles. The van der Waals surface area contributed by atoms with E-state index in [1.807, 2.05) is 54.3 Å². The van der Waals surface area contributed by atoms with E-state index in [1.54, 1.807) is 6.33 Å². The molecular weight excluding hydrogens is 420 g/mol. The van der Waals surface area contributed by atoms with Gasteiger partial charge in [0.1, 0.15) is 6.33 Å². The van der Waals surface area contributed by atoms with Gasteiger partial charge < -0.3 is 10.2 Å². The van der Waals surface area contributed by atoms with Crippen LogP contribution < -0.4 is 5.32 Å². The number of halogens is 1. The SMILES string of the molecule is Cc1ncnc([C@H]2CCCN2C(=O)NC2(c3ccccc3)CC2)c1Cc1ccc(Cl)cc1. The first-order chi connectivity index (χ1) is 15.6. The number of carbonyl (C=O) groups is 1. The number of aromatic nitrogens is 2. The second-order valence-electron chi connectivity index (χ2n) is 8.86. The van der Waals surface area contributed by atoms with E-state index in [2.05, 4.69) is 27.4 Å². The first kappa shape index (κ1) is 21.0. The van der Waals surface area contributed by atoms with Gasteiger partial charge in [0.2, 0.25) is 0 Å². The van der Waals surface area contributed by atoms with Crippen molar-refractivity contribution in [2.75, 3.05) is 6.54 Å². The lowest BCUT2D eigenvalue weighted by Gasteiger charge is -2.29. The van der Waals surface area contributed by atoms with Crippen molar-refractivity contribution in [3.8, 4) is 0 Å². The van der Waals surface area contributed by atoms with Crippen LogP contribution in [0.25, 0.3) is 0 Å². The van der Waals surface area contributed by atoms with Gasteiger partial charge in [-0.15, -0.1) is 0 Å². The number of hydrogen-bond acceptors (Lipinski definition) is 3. The quantitative estimate of drug-likeness (QED) is 0.557. The van der Waals surface area contributed by atoms with Crippen molar-refractivity contribution in [1.29, 1.82) is 0 Å². The van der Waals surface area contributed by atoms with Crippen molar-refractivity contribution in [3.63, 3.8) is 0 Å². The maximum absolute atomic E-state index is 13.4. The molecule has 1 aliphatic carbocycles. The first-order valence-corrected chi connectivity index (χ1v) is 11.6. The molecule has 0 radical (unpaired) electrons. The number of aryl methyl sites for hydroxylation is 1. The Balaban J connectivity index is 1.39. The smallest absolute Gasteiger partial charge is 0.318 e. The van der Waals surface area contributed by atoms with Gasteiger partial charge in [0, 0.05) is 29.2 Å². The zero-order valence-corrected chi connectivity index (χ0v) is 19.0. The number of nitrogens with zero attached hydrogens (tertiary/aromatic N) is 3. The molecule has 2 heterocycles. The zero-order valence-electron chi connectivity index (χ0n) is 18.2. The fourth-order valence-electron chi connectivity index (χ4n) is 4.77. The minimum absolute atomic E-state index is 0.00237. The molecular formula is C26H27ClN4O. The van der Waals surface area contributed by atoms with Gasteiger partial charge in [0.05, 0.1) is 17.3 Å². The van der Waals surface area contributed by atoms with Gasteiger partial charge >= 0.3 is 6.03 Å². The molecule has 3 aromatic rings. The van der Waals surface area contributed by atoms with Crippen LogP contribution in [-0.2, 0) is 12.0 Å². The molecule has 5 rings (SSSR count). The topological polar surface area (TPSA) is 58.1 Å². The molecule has 1 atom stereocenters. The lowest BCUT2D eigenvalue weighted by Crippen LogP contribution is -2.45. The molecule has 2 aromatic carbocycles. The van der Waals surface area contributed by atoms with E-state index in [1.165, 1.54) is 5.56 Å². The molecule has 6 heteroatoms. The first-order valence-electron chi connectivity index (χ1n) is 11.2. The molecule has 2 fully saturated rings. The molecule has 2 aliphatic rings. The highest BCUT2D eigenvalue weighted by Crippen LogP contribution is 2.46. The summed E-state index contributed by atoms with van der Waals surface area (Å²) in [7, 11) is 0. The maximum Gasteiger partial charge on any atom is 0.318 e. The summed E-state index contributed by atoms with van der Waals surface area (Å²) < 4.78 is 0. The largest absolute Gasteiger partial charge is 0.328 e. The minimum atomic E-state index is -0.223. The summed E-state index contributed by atoms with van der Waals surface area (Å²) in [6.45, 7) is 2.76. The predicted octanol–water partition coefficient (Wildman–Crippen LogP) is 5.57. The lowest BCUT2D eigenvalue weighted by molar-refractivity contribution is 0.186. The minimum Gasteiger partial charge on any atom is -0.328 e. The Morgan fingerprint density at radius 2 is 1.88 bits per heavy atom.